The Morgan fingerprint density at radius 2 is 1.91 bits per heavy atom. The van der Waals surface area contributed by atoms with Gasteiger partial charge in [-0.25, -0.2) is 0 Å². The number of furan rings is 1. The van der Waals surface area contributed by atoms with Gasteiger partial charge in [-0.1, -0.05) is 23.8 Å². The van der Waals surface area contributed by atoms with Crippen LogP contribution in [0.25, 0.3) is 5.57 Å². The van der Waals surface area contributed by atoms with Crippen LogP contribution in [0.5, 0.6) is 0 Å². The van der Waals surface area contributed by atoms with E-state index in [1.165, 1.54) is 6.26 Å². The van der Waals surface area contributed by atoms with Crippen molar-refractivity contribution < 1.29 is 19.1 Å². The Bertz CT molecular complexity index is 787. The Hall–Kier alpha value is -2.82. The van der Waals surface area contributed by atoms with Gasteiger partial charge in [-0.05, 0) is 37.1 Å². The van der Waals surface area contributed by atoms with Crippen molar-refractivity contribution in [1.29, 1.82) is 0 Å². The van der Waals surface area contributed by atoms with Gasteiger partial charge < -0.3 is 9.52 Å². The molecule has 0 spiro atoms. The number of benzene rings is 1. The number of aryl methyl sites for hydroxylation is 2. The molecule has 0 fully saturated rings. The van der Waals surface area contributed by atoms with E-state index in [0.29, 0.717) is 11.3 Å². The average Bonchev–Trinajstić information content (AvgIpc) is 3.05. The number of carbonyl (C=O) groups excluding carboxylic acids is 2. The number of imide groups is 1. The van der Waals surface area contributed by atoms with Crippen LogP contribution >= 0.6 is 0 Å². The molecule has 0 bridgehead atoms. The molecular weight excluding hydrogens is 282 g/mol. The van der Waals surface area contributed by atoms with Gasteiger partial charge >= 0.3 is 0 Å². The summed E-state index contributed by atoms with van der Waals surface area (Å²) in [7, 11) is 0. The molecule has 1 aliphatic rings. The van der Waals surface area contributed by atoms with E-state index in [4.69, 9.17) is 4.42 Å². The smallest absolute Gasteiger partial charge is 0.296 e. The van der Waals surface area contributed by atoms with Crippen molar-refractivity contribution in [2.45, 2.75) is 20.4 Å². The van der Waals surface area contributed by atoms with Gasteiger partial charge in [0.2, 0.25) is 0 Å². The Morgan fingerprint density at radius 3 is 2.55 bits per heavy atom. The molecule has 0 saturated carbocycles. The number of carbonyl (C=O) groups is 2. The molecule has 112 valence electrons. The molecule has 0 unspecified atom stereocenters. The summed E-state index contributed by atoms with van der Waals surface area (Å²) in [6.45, 7) is 3.79. The summed E-state index contributed by atoms with van der Waals surface area (Å²) in [6, 6.07) is 8.85. The SMILES string of the molecule is Cc1ccc(C2=C(O)C(=O)N(Cc3ccco3)C2=O)c(C)c1. The zero-order valence-corrected chi connectivity index (χ0v) is 12.3. The van der Waals surface area contributed by atoms with Crippen LogP contribution in [0.3, 0.4) is 0 Å². The predicted octanol–water partition coefficient (Wildman–Crippen LogP) is 2.73. The van der Waals surface area contributed by atoms with Crippen molar-refractivity contribution in [3.05, 3.63) is 64.8 Å². The Morgan fingerprint density at radius 1 is 1.14 bits per heavy atom. The monoisotopic (exact) mass is 297 g/mol. The maximum Gasteiger partial charge on any atom is 0.296 e. The first-order valence-corrected chi connectivity index (χ1v) is 6.88. The zero-order valence-electron chi connectivity index (χ0n) is 12.3. The summed E-state index contributed by atoms with van der Waals surface area (Å²) in [5.41, 5.74) is 2.51. The number of aliphatic hydroxyl groups is 1. The second-order valence-corrected chi connectivity index (χ2v) is 5.32. The van der Waals surface area contributed by atoms with Gasteiger partial charge in [-0.3, -0.25) is 14.5 Å². The lowest BCUT2D eigenvalue weighted by Crippen LogP contribution is -2.31. The largest absolute Gasteiger partial charge is 0.502 e. The number of nitrogens with zero attached hydrogens (tertiary/aromatic N) is 1. The predicted molar refractivity (Wildman–Crippen MR) is 79.7 cm³/mol. The second kappa shape index (κ2) is 5.18. The van der Waals surface area contributed by atoms with Crippen LogP contribution in [0.1, 0.15) is 22.5 Å². The normalized spacial score (nSPS) is 15.1. The highest BCUT2D eigenvalue weighted by molar-refractivity contribution is 6.35. The molecule has 1 aromatic carbocycles. The summed E-state index contributed by atoms with van der Waals surface area (Å²) in [5, 5.41) is 10.1. The maximum absolute atomic E-state index is 12.5. The molecule has 1 aromatic heterocycles. The molecule has 0 aliphatic carbocycles. The van der Waals surface area contributed by atoms with Gasteiger partial charge in [0.15, 0.2) is 5.76 Å². The molecule has 5 heteroatoms. The van der Waals surface area contributed by atoms with Crippen LogP contribution < -0.4 is 0 Å². The van der Waals surface area contributed by atoms with E-state index in [0.717, 1.165) is 16.0 Å². The minimum Gasteiger partial charge on any atom is -0.502 e. The molecule has 2 aromatic rings. The van der Waals surface area contributed by atoms with Gasteiger partial charge in [-0.15, -0.1) is 0 Å². The van der Waals surface area contributed by atoms with Crippen molar-refractivity contribution >= 4 is 17.4 Å². The Labute approximate surface area is 127 Å². The number of aliphatic hydroxyl groups excluding tert-OH is 1. The first-order valence-electron chi connectivity index (χ1n) is 6.88. The standard InChI is InChI=1S/C17H15NO4/c1-10-5-6-13(11(2)8-10)14-15(19)17(21)18(16(14)20)9-12-4-3-7-22-12/h3-8,19H,9H2,1-2H3. The zero-order chi connectivity index (χ0) is 15.9. The highest BCUT2D eigenvalue weighted by atomic mass is 16.3. The molecule has 0 radical (unpaired) electrons. The quantitative estimate of drug-likeness (QED) is 0.884. The van der Waals surface area contributed by atoms with Gasteiger partial charge in [0, 0.05) is 0 Å². The summed E-state index contributed by atoms with van der Waals surface area (Å²) < 4.78 is 5.16. The summed E-state index contributed by atoms with van der Waals surface area (Å²) >= 11 is 0. The molecule has 2 amide bonds. The van der Waals surface area contributed by atoms with Crippen molar-refractivity contribution in [1.82, 2.24) is 4.90 Å². The number of hydrogen-bond acceptors (Lipinski definition) is 4. The van der Waals surface area contributed by atoms with E-state index < -0.39 is 17.6 Å². The topological polar surface area (TPSA) is 70.8 Å². The van der Waals surface area contributed by atoms with E-state index in [2.05, 4.69) is 0 Å². The van der Waals surface area contributed by atoms with Crippen molar-refractivity contribution in [2.75, 3.05) is 0 Å². The van der Waals surface area contributed by atoms with Crippen molar-refractivity contribution in [2.24, 2.45) is 0 Å². The van der Waals surface area contributed by atoms with E-state index in [-0.39, 0.29) is 12.1 Å². The third-order valence-electron chi connectivity index (χ3n) is 3.69. The van der Waals surface area contributed by atoms with Crippen LogP contribution in [-0.2, 0) is 16.1 Å². The lowest BCUT2D eigenvalue weighted by atomic mass is 9.98. The second-order valence-electron chi connectivity index (χ2n) is 5.32. The minimum atomic E-state index is -0.698. The van der Waals surface area contributed by atoms with Gasteiger partial charge in [0.1, 0.15) is 5.76 Å². The maximum atomic E-state index is 12.5. The first-order chi connectivity index (χ1) is 10.5. The van der Waals surface area contributed by atoms with Crippen molar-refractivity contribution in [3.63, 3.8) is 0 Å². The van der Waals surface area contributed by atoms with E-state index >= 15 is 0 Å². The molecule has 1 aliphatic heterocycles. The molecule has 5 nitrogen and oxygen atoms in total. The lowest BCUT2D eigenvalue weighted by Gasteiger charge is -2.13. The molecule has 2 heterocycles. The summed E-state index contributed by atoms with van der Waals surface area (Å²) in [5.74, 6) is -1.23. The number of amides is 2. The third-order valence-corrected chi connectivity index (χ3v) is 3.69. The third kappa shape index (κ3) is 2.20. The van der Waals surface area contributed by atoms with Gasteiger partial charge in [0.05, 0.1) is 18.4 Å². The lowest BCUT2D eigenvalue weighted by molar-refractivity contribution is -0.139. The van der Waals surface area contributed by atoms with Crippen LogP contribution in [-0.4, -0.2) is 21.8 Å². The fraction of sp³-hybridized carbons (Fsp3) is 0.176. The summed E-state index contributed by atoms with van der Waals surface area (Å²) in [4.78, 5) is 25.7. The molecule has 1 N–H and O–H groups in total. The fourth-order valence-electron chi connectivity index (χ4n) is 2.60. The Kier molecular flexibility index (Phi) is 3.33. The molecular formula is C17H15NO4. The molecule has 22 heavy (non-hydrogen) atoms. The molecule has 0 saturated heterocycles. The number of rotatable bonds is 3. The average molecular weight is 297 g/mol. The van der Waals surface area contributed by atoms with E-state index in [1.54, 1.807) is 18.2 Å². The highest BCUT2D eigenvalue weighted by Gasteiger charge is 2.40. The van der Waals surface area contributed by atoms with Crippen LogP contribution in [0.15, 0.2) is 46.8 Å². The molecule has 0 atom stereocenters. The van der Waals surface area contributed by atoms with Gasteiger partial charge in [0.25, 0.3) is 11.8 Å². The van der Waals surface area contributed by atoms with E-state index in [9.17, 15) is 14.7 Å². The van der Waals surface area contributed by atoms with Crippen LogP contribution in [0, 0.1) is 13.8 Å². The van der Waals surface area contributed by atoms with Crippen LogP contribution in [0.2, 0.25) is 0 Å². The van der Waals surface area contributed by atoms with Gasteiger partial charge in [-0.2, -0.15) is 0 Å². The summed E-state index contributed by atoms with van der Waals surface area (Å²) in [6.07, 6.45) is 1.47. The highest BCUT2D eigenvalue weighted by Crippen LogP contribution is 2.31. The fourth-order valence-corrected chi connectivity index (χ4v) is 2.60. The molecule has 3 rings (SSSR count). The van der Waals surface area contributed by atoms with E-state index in [1.807, 2.05) is 26.0 Å². The first kappa shape index (κ1) is 14.1. The minimum absolute atomic E-state index is 0.00311. The Balaban J connectivity index is 1.98. The van der Waals surface area contributed by atoms with Crippen LogP contribution in [0.4, 0.5) is 0 Å². The number of hydrogen-bond donors (Lipinski definition) is 1. The van der Waals surface area contributed by atoms with Crippen molar-refractivity contribution in [3.8, 4) is 0 Å².